The quantitative estimate of drug-likeness (QED) is 0.507. The van der Waals surface area contributed by atoms with E-state index in [0.29, 0.717) is 9.09 Å². The van der Waals surface area contributed by atoms with Crippen LogP contribution in [0.1, 0.15) is 0 Å². The van der Waals surface area contributed by atoms with E-state index < -0.39 is 0 Å². The fourth-order valence-corrected chi connectivity index (χ4v) is 1.13. The first kappa shape index (κ1) is 6.66. The molecule has 0 radical (unpaired) electrons. The predicted molar refractivity (Wildman–Crippen MR) is 37.9 cm³/mol. The van der Waals surface area contributed by atoms with E-state index in [4.69, 9.17) is 12.2 Å². The Labute approximate surface area is 60.8 Å². The number of anilines is 1. The summed E-state index contributed by atoms with van der Waals surface area (Å²) in [6, 6.07) is 0. The lowest BCUT2D eigenvalue weighted by Gasteiger charge is -1.91. The molecule has 0 amide bonds. The first-order valence-corrected chi connectivity index (χ1v) is 3.40. The number of aromatic nitrogens is 2. The van der Waals surface area contributed by atoms with Crippen LogP contribution in [0.2, 0.25) is 0 Å². The lowest BCUT2D eigenvalue weighted by molar-refractivity contribution is 0.270. The van der Waals surface area contributed by atoms with Crippen LogP contribution < -0.4 is 5.48 Å². The van der Waals surface area contributed by atoms with Crippen LogP contribution in [0.25, 0.3) is 0 Å². The fourth-order valence-electron chi connectivity index (χ4n) is 0.361. The van der Waals surface area contributed by atoms with E-state index in [1.54, 1.807) is 0 Å². The molecule has 1 aromatic heterocycles. The molecule has 1 rings (SSSR count). The molecule has 9 heavy (non-hydrogen) atoms. The minimum Gasteiger partial charge on any atom is -0.277 e. The molecule has 50 valence electrons. The second-order valence-corrected chi connectivity index (χ2v) is 2.89. The first-order chi connectivity index (χ1) is 4.33. The van der Waals surface area contributed by atoms with Crippen LogP contribution in [0.3, 0.4) is 0 Å². The third-order valence-electron chi connectivity index (χ3n) is 0.627. The molecule has 0 bridgehead atoms. The number of nitrogens with zero attached hydrogens (tertiary/aromatic N) is 1. The largest absolute Gasteiger partial charge is 0.277 e. The molecule has 1 aromatic rings. The highest BCUT2D eigenvalue weighted by molar-refractivity contribution is 7.73. The van der Waals surface area contributed by atoms with Gasteiger partial charge >= 0.3 is 0 Å². The molecule has 0 spiro atoms. The maximum atomic E-state index is 4.75. The van der Waals surface area contributed by atoms with E-state index in [-0.39, 0.29) is 0 Å². The molecule has 4 nitrogen and oxygen atoms in total. The van der Waals surface area contributed by atoms with Crippen molar-refractivity contribution in [3.8, 4) is 0 Å². The molecular weight excluding hydrogens is 158 g/mol. The zero-order valence-corrected chi connectivity index (χ0v) is 6.30. The van der Waals surface area contributed by atoms with Gasteiger partial charge in [-0.15, -0.1) is 5.10 Å². The van der Waals surface area contributed by atoms with Crippen LogP contribution in [0.15, 0.2) is 0 Å². The van der Waals surface area contributed by atoms with Gasteiger partial charge in [0.25, 0.3) is 0 Å². The number of H-pyrrole nitrogens is 1. The summed E-state index contributed by atoms with van der Waals surface area (Å²) in [5.41, 5.74) is 2.54. The summed E-state index contributed by atoms with van der Waals surface area (Å²) in [6.45, 7) is 0. The SMILES string of the molecule is CONc1n[nH]c(=S)s1. The predicted octanol–water partition coefficient (Wildman–Crippen LogP) is 1.17. The molecule has 1 heterocycles. The van der Waals surface area contributed by atoms with Gasteiger partial charge in [0.1, 0.15) is 0 Å². The van der Waals surface area contributed by atoms with Gasteiger partial charge in [-0.3, -0.25) is 9.94 Å². The highest BCUT2D eigenvalue weighted by Gasteiger charge is 1.91. The van der Waals surface area contributed by atoms with Crippen molar-refractivity contribution in [3.63, 3.8) is 0 Å². The minimum absolute atomic E-state index is 0.634. The molecule has 0 saturated carbocycles. The van der Waals surface area contributed by atoms with Crippen molar-refractivity contribution in [1.82, 2.24) is 10.2 Å². The minimum atomic E-state index is 0.634. The van der Waals surface area contributed by atoms with E-state index in [0.717, 1.165) is 0 Å². The Kier molecular flexibility index (Phi) is 2.15. The highest BCUT2D eigenvalue weighted by atomic mass is 32.1. The lowest BCUT2D eigenvalue weighted by Crippen LogP contribution is -1.93. The average molecular weight is 163 g/mol. The molecular formula is C3H5N3OS2. The molecule has 0 aromatic carbocycles. The highest BCUT2D eigenvalue weighted by Crippen LogP contribution is 2.09. The van der Waals surface area contributed by atoms with E-state index in [1.165, 1.54) is 18.4 Å². The Morgan fingerprint density at radius 1 is 1.89 bits per heavy atom. The van der Waals surface area contributed by atoms with Gasteiger partial charge in [0.15, 0.2) is 3.95 Å². The third-order valence-corrected chi connectivity index (χ3v) is 1.61. The van der Waals surface area contributed by atoms with E-state index in [1.807, 2.05) is 0 Å². The van der Waals surface area contributed by atoms with Gasteiger partial charge in [0.05, 0.1) is 7.11 Å². The van der Waals surface area contributed by atoms with Crippen LogP contribution in [0, 0.1) is 3.95 Å². The van der Waals surface area contributed by atoms with E-state index in [9.17, 15) is 0 Å². The molecule has 0 aliphatic rings. The topological polar surface area (TPSA) is 49.9 Å². The summed E-state index contributed by atoms with van der Waals surface area (Å²) in [4.78, 5) is 4.57. The van der Waals surface area contributed by atoms with Crippen LogP contribution in [0.4, 0.5) is 5.13 Å². The Balaban J connectivity index is 2.73. The molecule has 0 unspecified atom stereocenters. The second kappa shape index (κ2) is 2.90. The summed E-state index contributed by atoms with van der Waals surface area (Å²) in [6.07, 6.45) is 0. The first-order valence-electron chi connectivity index (χ1n) is 2.17. The van der Waals surface area contributed by atoms with Crippen molar-refractivity contribution in [2.75, 3.05) is 12.6 Å². The van der Waals surface area contributed by atoms with Crippen molar-refractivity contribution >= 4 is 28.7 Å². The monoisotopic (exact) mass is 163 g/mol. The van der Waals surface area contributed by atoms with E-state index >= 15 is 0 Å². The number of aromatic amines is 1. The maximum Gasteiger partial charge on any atom is 0.228 e. The molecule has 0 fully saturated rings. The smallest absolute Gasteiger partial charge is 0.228 e. The number of rotatable bonds is 2. The van der Waals surface area contributed by atoms with Crippen molar-refractivity contribution in [2.24, 2.45) is 0 Å². The summed E-state index contributed by atoms with van der Waals surface area (Å²) in [5.74, 6) is 0. The summed E-state index contributed by atoms with van der Waals surface area (Å²) in [7, 11) is 1.52. The van der Waals surface area contributed by atoms with Crippen molar-refractivity contribution < 1.29 is 4.84 Å². The number of nitrogens with one attached hydrogen (secondary N) is 2. The molecule has 0 atom stereocenters. The van der Waals surface area contributed by atoms with Gasteiger partial charge in [-0.25, -0.2) is 5.48 Å². The van der Waals surface area contributed by atoms with Gasteiger partial charge in [-0.05, 0) is 12.2 Å². The van der Waals surface area contributed by atoms with E-state index in [2.05, 4.69) is 20.5 Å². The molecule has 6 heteroatoms. The third kappa shape index (κ3) is 1.74. The van der Waals surface area contributed by atoms with Crippen LogP contribution in [-0.4, -0.2) is 17.3 Å². The Morgan fingerprint density at radius 3 is 3.11 bits per heavy atom. The average Bonchev–Trinajstić information content (AvgIpc) is 2.17. The fraction of sp³-hybridized carbons (Fsp3) is 0.333. The summed E-state index contributed by atoms with van der Waals surface area (Å²) >= 11 is 6.08. The van der Waals surface area contributed by atoms with Gasteiger partial charge in [0.2, 0.25) is 5.13 Å². The Morgan fingerprint density at radius 2 is 2.67 bits per heavy atom. The van der Waals surface area contributed by atoms with Gasteiger partial charge in [-0.1, -0.05) is 11.3 Å². The van der Waals surface area contributed by atoms with Crippen LogP contribution >= 0.6 is 23.6 Å². The van der Waals surface area contributed by atoms with Crippen molar-refractivity contribution in [1.29, 1.82) is 0 Å². The van der Waals surface area contributed by atoms with Crippen molar-refractivity contribution in [2.45, 2.75) is 0 Å². The Hall–Kier alpha value is -0.460. The molecule has 0 saturated heterocycles. The maximum absolute atomic E-state index is 4.75. The summed E-state index contributed by atoms with van der Waals surface area (Å²) < 4.78 is 0.634. The standard InChI is InChI=1S/C3H5N3OS2/c1-7-6-2-4-5-3(8)9-2/h1H3,(H,4,6)(H,5,8). The molecule has 2 N–H and O–H groups in total. The Bertz CT molecular complexity index is 229. The van der Waals surface area contributed by atoms with Crippen molar-refractivity contribution in [3.05, 3.63) is 3.95 Å². The molecule has 0 aliphatic heterocycles. The second-order valence-electron chi connectivity index (χ2n) is 1.22. The van der Waals surface area contributed by atoms with Crippen LogP contribution in [-0.2, 0) is 4.84 Å². The lowest BCUT2D eigenvalue weighted by atomic mass is 11.3. The molecule has 0 aliphatic carbocycles. The van der Waals surface area contributed by atoms with Crippen LogP contribution in [0.5, 0.6) is 0 Å². The van der Waals surface area contributed by atoms with Gasteiger partial charge < -0.3 is 0 Å². The van der Waals surface area contributed by atoms with Gasteiger partial charge in [-0.2, -0.15) is 0 Å². The zero-order chi connectivity index (χ0) is 6.69. The number of hydrogen-bond acceptors (Lipinski definition) is 5. The number of hydrogen-bond donors (Lipinski definition) is 2. The summed E-state index contributed by atoms with van der Waals surface area (Å²) in [5, 5.41) is 6.99. The zero-order valence-electron chi connectivity index (χ0n) is 4.67. The normalized spacial score (nSPS) is 9.44. The van der Waals surface area contributed by atoms with Gasteiger partial charge in [0, 0.05) is 0 Å².